The fraction of sp³-hybridized carbons (Fsp3) is 0.400. The summed E-state index contributed by atoms with van der Waals surface area (Å²) in [4.78, 5) is 0. The van der Waals surface area contributed by atoms with Crippen LogP contribution < -0.4 is 5.32 Å². The highest BCUT2D eigenvalue weighted by molar-refractivity contribution is 5.46. The Balaban J connectivity index is 2.15. The average Bonchev–Trinajstić information content (AvgIpc) is 2.81. The first-order valence-corrected chi connectivity index (χ1v) is 4.28. The van der Waals surface area contributed by atoms with Gasteiger partial charge in [-0.3, -0.25) is 0 Å². The molecule has 0 amide bonds. The van der Waals surface area contributed by atoms with Gasteiger partial charge in [0.2, 0.25) is 0 Å². The lowest BCUT2D eigenvalue weighted by molar-refractivity contribution is 0.619. The minimum atomic E-state index is -0.124. The van der Waals surface area contributed by atoms with E-state index in [1.54, 1.807) is 19.1 Å². The largest absolute Gasteiger partial charge is 0.382 e. The molecule has 0 atom stereocenters. The van der Waals surface area contributed by atoms with Crippen molar-refractivity contribution in [3.05, 3.63) is 29.6 Å². The Bertz CT molecular complexity index is 292. The molecule has 0 aliphatic heterocycles. The van der Waals surface area contributed by atoms with Gasteiger partial charge in [0, 0.05) is 11.7 Å². The van der Waals surface area contributed by atoms with E-state index < -0.39 is 0 Å². The summed E-state index contributed by atoms with van der Waals surface area (Å²) in [5, 5.41) is 3.24. The monoisotopic (exact) mass is 165 g/mol. The van der Waals surface area contributed by atoms with E-state index in [2.05, 4.69) is 5.32 Å². The molecule has 0 unspecified atom stereocenters. The molecule has 12 heavy (non-hydrogen) atoms. The van der Waals surface area contributed by atoms with Crippen molar-refractivity contribution >= 4 is 5.69 Å². The summed E-state index contributed by atoms with van der Waals surface area (Å²) in [5.74, 6) is -0.124. The van der Waals surface area contributed by atoms with Crippen LogP contribution in [-0.4, -0.2) is 6.04 Å². The number of rotatable bonds is 2. The second-order valence-corrected chi connectivity index (χ2v) is 3.38. The maximum atomic E-state index is 13.0. The van der Waals surface area contributed by atoms with Crippen molar-refractivity contribution in [1.82, 2.24) is 0 Å². The topological polar surface area (TPSA) is 12.0 Å². The fourth-order valence-corrected chi connectivity index (χ4v) is 1.15. The van der Waals surface area contributed by atoms with Gasteiger partial charge in [-0.2, -0.15) is 0 Å². The lowest BCUT2D eigenvalue weighted by Crippen LogP contribution is -2.01. The van der Waals surface area contributed by atoms with Crippen LogP contribution in [0.25, 0.3) is 0 Å². The van der Waals surface area contributed by atoms with Crippen LogP contribution in [0.3, 0.4) is 0 Å². The smallest absolute Gasteiger partial charge is 0.128 e. The number of hydrogen-bond donors (Lipinski definition) is 1. The second kappa shape index (κ2) is 2.77. The maximum Gasteiger partial charge on any atom is 0.128 e. The van der Waals surface area contributed by atoms with E-state index in [4.69, 9.17) is 0 Å². The van der Waals surface area contributed by atoms with Crippen molar-refractivity contribution in [3.8, 4) is 0 Å². The minimum Gasteiger partial charge on any atom is -0.382 e. The van der Waals surface area contributed by atoms with E-state index in [1.807, 2.05) is 6.07 Å². The molecule has 64 valence electrons. The van der Waals surface area contributed by atoms with Gasteiger partial charge >= 0.3 is 0 Å². The average molecular weight is 165 g/mol. The molecule has 1 N–H and O–H groups in total. The molecule has 0 bridgehead atoms. The number of aryl methyl sites for hydroxylation is 1. The Morgan fingerprint density at radius 2 is 2.17 bits per heavy atom. The molecule has 2 heteroatoms. The summed E-state index contributed by atoms with van der Waals surface area (Å²) in [5.41, 5.74) is 1.61. The molecule has 0 radical (unpaired) electrons. The molecule has 0 saturated heterocycles. The van der Waals surface area contributed by atoms with Gasteiger partial charge in [-0.15, -0.1) is 0 Å². The Hall–Kier alpha value is -1.05. The molecule has 1 nitrogen and oxygen atoms in total. The molecular formula is C10H12FN. The normalized spacial score (nSPS) is 16.2. The molecular weight excluding hydrogens is 153 g/mol. The third-order valence-electron chi connectivity index (χ3n) is 2.12. The van der Waals surface area contributed by atoms with Gasteiger partial charge in [0.25, 0.3) is 0 Å². The molecule has 0 aromatic heterocycles. The Labute approximate surface area is 71.6 Å². The van der Waals surface area contributed by atoms with Gasteiger partial charge in [0.1, 0.15) is 5.82 Å². The van der Waals surface area contributed by atoms with Gasteiger partial charge in [-0.25, -0.2) is 4.39 Å². The zero-order valence-corrected chi connectivity index (χ0v) is 7.10. The Kier molecular flexibility index (Phi) is 1.75. The Morgan fingerprint density at radius 1 is 1.42 bits per heavy atom. The molecule has 1 aliphatic rings. The van der Waals surface area contributed by atoms with Gasteiger partial charge < -0.3 is 5.32 Å². The molecule has 1 aromatic carbocycles. The molecule has 1 aliphatic carbocycles. The number of nitrogens with one attached hydrogen (secondary N) is 1. The standard InChI is InChI=1S/C10H12FN/c1-7-2-3-9(6-10(7)11)12-8-4-5-8/h2-3,6,8,12H,4-5H2,1H3. The second-order valence-electron chi connectivity index (χ2n) is 3.38. The third-order valence-corrected chi connectivity index (χ3v) is 2.12. The summed E-state index contributed by atoms with van der Waals surface area (Å²) < 4.78 is 13.0. The number of anilines is 1. The van der Waals surface area contributed by atoms with Crippen molar-refractivity contribution in [1.29, 1.82) is 0 Å². The summed E-state index contributed by atoms with van der Waals surface area (Å²) in [7, 11) is 0. The third kappa shape index (κ3) is 1.58. The number of benzene rings is 1. The first-order valence-electron chi connectivity index (χ1n) is 4.28. The van der Waals surface area contributed by atoms with Crippen molar-refractivity contribution in [2.24, 2.45) is 0 Å². The maximum absolute atomic E-state index is 13.0. The summed E-state index contributed by atoms with van der Waals surface area (Å²) in [6.45, 7) is 1.77. The predicted molar refractivity (Wildman–Crippen MR) is 47.8 cm³/mol. The van der Waals surface area contributed by atoms with Crippen molar-refractivity contribution in [3.63, 3.8) is 0 Å². The first kappa shape index (κ1) is 7.59. The Morgan fingerprint density at radius 3 is 2.75 bits per heavy atom. The quantitative estimate of drug-likeness (QED) is 0.710. The highest BCUT2D eigenvalue weighted by Crippen LogP contribution is 2.25. The number of halogens is 1. The highest BCUT2D eigenvalue weighted by atomic mass is 19.1. The molecule has 1 fully saturated rings. The van der Waals surface area contributed by atoms with Crippen LogP contribution in [0.2, 0.25) is 0 Å². The SMILES string of the molecule is Cc1ccc(NC2CC2)cc1F. The number of hydrogen-bond acceptors (Lipinski definition) is 1. The molecule has 1 saturated carbocycles. The van der Waals surface area contributed by atoms with E-state index >= 15 is 0 Å². The summed E-state index contributed by atoms with van der Waals surface area (Å²) in [6, 6.07) is 5.89. The van der Waals surface area contributed by atoms with Gasteiger partial charge in [-0.1, -0.05) is 6.07 Å². The van der Waals surface area contributed by atoms with E-state index in [1.165, 1.54) is 12.8 Å². The molecule has 2 rings (SSSR count). The minimum absolute atomic E-state index is 0.124. The zero-order valence-electron chi connectivity index (χ0n) is 7.10. The van der Waals surface area contributed by atoms with Gasteiger partial charge in [-0.05, 0) is 37.5 Å². The van der Waals surface area contributed by atoms with E-state index in [0.29, 0.717) is 11.6 Å². The predicted octanol–water partition coefficient (Wildman–Crippen LogP) is 2.71. The van der Waals surface area contributed by atoms with Gasteiger partial charge in [0.05, 0.1) is 0 Å². The van der Waals surface area contributed by atoms with Crippen molar-refractivity contribution < 1.29 is 4.39 Å². The van der Waals surface area contributed by atoms with Crippen LogP contribution in [0, 0.1) is 12.7 Å². The van der Waals surface area contributed by atoms with E-state index in [-0.39, 0.29) is 5.82 Å². The zero-order chi connectivity index (χ0) is 8.55. The molecule has 0 spiro atoms. The van der Waals surface area contributed by atoms with Crippen molar-refractivity contribution in [2.75, 3.05) is 5.32 Å². The van der Waals surface area contributed by atoms with Crippen LogP contribution in [0.15, 0.2) is 18.2 Å². The van der Waals surface area contributed by atoms with Crippen molar-refractivity contribution in [2.45, 2.75) is 25.8 Å². The van der Waals surface area contributed by atoms with E-state index in [9.17, 15) is 4.39 Å². The molecule has 0 heterocycles. The van der Waals surface area contributed by atoms with Crippen LogP contribution >= 0.6 is 0 Å². The van der Waals surface area contributed by atoms with Crippen LogP contribution in [0.4, 0.5) is 10.1 Å². The van der Waals surface area contributed by atoms with Crippen LogP contribution in [-0.2, 0) is 0 Å². The molecule has 1 aromatic rings. The van der Waals surface area contributed by atoms with Crippen LogP contribution in [0.5, 0.6) is 0 Å². The lowest BCUT2D eigenvalue weighted by Gasteiger charge is -2.04. The van der Waals surface area contributed by atoms with Gasteiger partial charge in [0.15, 0.2) is 0 Å². The summed E-state index contributed by atoms with van der Waals surface area (Å²) in [6.07, 6.45) is 2.44. The lowest BCUT2D eigenvalue weighted by atomic mass is 10.2. The highest BCUT2D eigenvalue weighted by Gasteiger charge is 2.20. The first-order chi connectivity index (χ1) is 5.75. The summed E-state index contributed by atoms with van der Waals surface area (Å²) >= 11 is 0. The fourth-order valence-electron chi connectivity index (χ4n) is 1.15. The van der Waals surface area contributed by atoms with E-state index in [0.717, 1.165) is 5.69 Å². The van der Waals surface area contributed by atoms with Crippen LogP contribution in [0.1, 0.15) is 18.4 Å².